The van der Waals surface area contributed by atoms with Crippen LogP contribution in [0.1, 0.15) is 35.0 Å². The first-order valence-electron chi connectivity index (χ1n) is 11.0. The average molecular weight is 401 g/mol. The lowest BCUT2D eigenvalue weighted by Crippen LogP contribution is -2.40. The number of aromatic nitrogens is 1. The Hall–Kier alpha value is -2.85. The number of amides is 1. The third-order valence-corrected chi connectivity index (χ3v) is 6.35. The lowest BCUT2D eigenvalue weighted by molar-refractivity contribution is 0.0303. The normalized spacial score (nSPS) is 18.8. The average Bonchev–Trinajstić information content (AvgIpc) is 3.18. The summed E-state index contributed by atoms with van der Waals surface area (Å²) >= 11 is 0. The predicted octanol–water partition coefficient (Wildman–Crippen LogP) is 4.74. The Balaban J connectivity index is 1.59. The topological polar surface area (TPSA) is 34.5 Å². The molecule has 3 aromatic rings. The van der Waals surface area contributed by atoms with Gasteiger partial charge in [0.2, 0.25) is 0 Å². The molecule has 1 saturated heterocycles. The van der Waals surface area contributed by atoms with Crippen LogP contribution in [0.15, 0.2) is 60.7 Å². The molecule has 0 bridgehead atoms. The standard InChI is InChI=1S/C26H28N2O2/c1-19-10-11-24-22(16-19)18-25(20-6-3-2-4-7-20)28(24)23-9-5-8-21(17-23)26(29)27-12-14-30-15-13-27/h2-9,17-19H,10-16H2,1H3. The van der Waals surface area contributed by atoms with Gasteiger partial charge in [-0.05, 0) is 60.6 Å². The molecule has 1 fully saturated rings. The predicted molar refractivity (Wildman–Crippen MR) is 119 cm³/mol. The van der Waals surface area contributed by atoms with Crippen LogP contribution in [0.3, 0.4) is 0 Å². The summed E-state index contributed by atoms with van der Waals surface area (Å²) in [5, 5.41) is 0. The largest absolute Gasteiger partial charge is 0.378 e. The maximum atomic E-state index is 13.1. The van der Waals surface area contributed by atoms with Gasteiger partial charge < -0.3 is 14.2 Å². The van der Waals surface area contributed by atoms with Gasteiger partial charge in [0.1, 0.15) is 0 Å². The van der Waals surface area contributed by atoms with Crippen molar-refractivity contribution in [2.45, 2.75) is 26.2 Å². The van der Waals surface area contributed by atoms with E-state index in [4.69, 9.17) is 4.74 Å². The quantitative estimate of drug-likeness (QED) is 0.636. The third-order valence-electron chi connectivity index (χ3n) is 6.35. The fourth-order valence-corrected chi connectivity index (χ4v) is 4.75. The fourth-order valence-electron chi connectivity index (χ4n) is 4.75. The second-order valence-corrected chi connectivity index (χ2v) is 8.51. The van der Waals surface area contributed by atoms with E-state index in [9.17, 15) is 4.79 Å². The van der Waals surface area contributed by atoms with E-state index in [0.717, 1.165) is 24.1 Å². The summed E-state index contributed by atoms with van der Waals surface area (Å²) in [6, 6.07) is 21.1. The Morgan fingerprint density at radius 1 is 1.00 bits per heavy atom. The maximum absolute atomic E-state index is 13.1. The van der Waals surface area contributed by atoms with E-state index in [1.807, 2.05) is 17.0 Å². The monoisotopic (exact) mass is 400 g/mol. The van der Waals surface area contributed by atoms with E-state index in [0.29, 0.717) is 32.2 Å². The highest BCUT2D eigenvalue weighted by Gasteiger charge is 2.24. The Kier molecular flexibility index (Phi) is 5.17. The Labute approximate surface area is 178 Å². The van der Waals surface area contributed by atoms with Crippen LogP contribution in [-0.2, 0) is 17.6 Å². The lowest BCUT2D eigenvalue weighted by Gasteiger charge is -2.27. The van der Waals surface area contributed by atoms with Crippen molar-refractivity contribution in [3.63, 3.8) is 0 Å². The Bertz CT molecular complexity index is 1050. The molecule has 2 aromatic carbocycles. The van der Waals surface area contributed by atoms with Gasteiger partial charge in [0.05, 0.1) is 18.9 Å². The molecule has 1 atom stereocenters. The molecule has 1 aromatic heterocycles. The van der Waals surface area contributed by atoms with Crippen molar-refractivity contribution in [1.82, 2.24) is 9.47 Å². The lowest BCUT2D eigenvalue weighted by atomic mass is 9.89. The van der Waals surface area contributed by atoms with Crippen molar-refractivity contribution in [2.75, 3.05) is 26.3 Å². The zero-order chi connectivity index (χ0) is 20.5. The highest BCUT2D eigenvalue weighted by molar-refractivity contribution is 5.95. The summed E-state index contributed by atoms with van der Waals surface area (Å²) < 4.78 is 7.79. The molecule has 154 valence electrons. The first-order valence-corrected chi connectivity index (χ1v) is 11.0. The Morgan fingerprint density at radius 2 is 1.80 bits per heavy atom. The Morgan fingerprint density at radius 3 is 2.60 bits per heavy atom. The molecule has 1 amide bonds. The highest BCUT2D eigenvalue weighted by Crippen LogP contribution is 2.35. The number of benzene rings is 2. The molecule has 1 aliphatic heterocycles. The molecule has 2 aliphatic rings. The van der Waals surface area contributed by atoms with Crippen molar-refractivity contribution in [2.24, 2.45) is 5.92 Å². The van der Waals surface area contributed by atoms with Gasteiger partial charge in [-0.1, -0.05) is 43.3 Å². The van der Waals surface area contributed by atoms with Crippen LogP contribution in [-0.4, -0.2) is 41.7 Å². The van der Waals surface area contributed by atoms with Crippen molar-refractivity contribution < 1.29 is 9.53 Å². The van der Waals surface area contributed by atoms with Gasteiger partial charge in [0, 0.05) is 30.0 Å². The third kappa shape index (κ3) is 3.56. The van der Waals surface area contributed by atoms with E-state index in [1.54, 1.807) is 0 Å². The minimum absolute atomic E-state index is 0.0936. The van der Waals surface area contributed by atoms with E-state index in [1.165, 1.54) is 28.9 Å². The van der Waals surface area contributed by atoms with Gasteiger partial charge in [-0.3, -0.25) is 4.79 Å². The van der Waals surface area contributed by atoms with Gasteiger partial charge in [-0.2, -0.15) is 0 Å². The number of rotatable bonds is 3. The number of carbonyl (C=O) groups is 1. The summed E-state index contributed by atoms with van der Waals surface area (Å²) in [5.41, 5.74) is 7.08. The fraction of sp³-hybridized carbons (Fsp3) is 0.346. The van der Waals surface area contributed by atoms with E-state index in [2.05, 4.69) is 60.0 Å². The van der Waals surface area contributed by atoms with Crippen LogP contribution < -0.4 is 0 Å². The van der Waals surface area contributed by atoms with E-state index in [-0.39, 0.29) is 5.91 Å². The number of nitrogens with zero attached hydrogens (tertiary/aromatic N) is 2. The molecule has 1 aliphatic carbocycles. The van der Waals surface area contributed by atoms with Crippen LogP contribution in [0.2, 0.25) is 0 Å². The summed E-state index contributed by atoms with van der Waals surface area (Å²) in [6.07, 6.45) is 3.40. The first-order chi connectivity index (χ1) is 14.7. The number of morpholine rings is 1. The molecule has 0 N–H and O–H groups in total. The summed E-state index contributed by atoms with van der Waals surface area (Å²) in [5.74, 6) is 0.808. The van der Waals surface area contributed by atoms with Crippen LogP contribution in [0.25, 0.3) is 16.9 Å². The second-order valence-electron chi connectivity index (χ2n) is 8.51. The molecule has 0 radical (unpaired) electrons. The molecule has 2 heterocycles. The summed E-state index contributed by atoms with van der Waals surface area (Å²) in [7, 11) is 0. The van der Waals surface area contributed by atoms with Crippen molar-refractivity contribution in [3.8, 4) is 16.9 Å². The van der Waals surface area contributed by atoms with E-state index >= 15 is 0 Å². The van der Waals surface area contributed by atoms with Gasteiger partial charge in [-0.15, -0.1) is 0 Å². The zero-order valence-electron chi connectivity index (χ0n) is 17.5. The summed E-state index contributed by atoms with van der Waals surface area (Å²) in [4.78, 5) is 15.0. The maximum Gasteiger partial charge on any atom is 0.254 e. The molecular formula is C26H28N2O2. The highest BCUT2D eigenvalue weighted by atomic mass is 16.5. The molecule has 4 nitrogen and oxygen atoms in total. The number of carbonyl (C=O) groups excluding carboxylic acids is 1. The van der Waals surface area contributed by atoms with Crippen molar-refractivity contribution >= 4 is 5.91 Å². The van der Waals surface area contributed by atoms with Crippen molar-refractivity contribution in [1.29, 1.82) is 0 Å². The van der Waals surface area contributed by atoms with Crippen LogP contribution in [0.5, 0.6) is 0 Å². The number of hydrogen-bond acceptors (Lipinski definition) is 2. The summed E-state index contributed by atoms with van der Waals surface area (Å²) in [6.45, 7) is 4.90. The van der Waals surface area contributed by atoms with Crippen molar-refractivity contribution in [3.05, 3.63) is 77.5 Å². The van der Waals surface area contributed by atoms with Crippen LogP contribution in [0, 0.1) is 5.92 Å². The minimum Gasteiger partial charge on any atom is -0.378 e. The van der Waals surface area contributed by atoms with Gasteiger partial charge in [0.25, 0.3) is 5.91 Å². The number of ether oxygens (including phenoxy) is 1. The number of hydrogen-bond donors (Lipinski definition) is 0. The van der Waals surface area contributed by atoms with Gasteiger partial charge >= 0.3 is 0 Å². The molecule has 1 unspecified atom stereocenters. The van der Waals surface area contributed by atoms with Crippen LogP contribution >= 0.6 is 0 Å². The second kappa shape index (κ2) is 8.11. The van der Waals surface area contributed by atoms with E-state index < -0.39 is 0 Å². The molecule has 0 spiro atoms. The SMILES string of the molecule is CC1CCc2c(cc(-c3ccccc3)n2-c2cccc(C(=O)N3CCOCC3)c2)C1. The molecule has 30 heavy (non-hydrogen) atoms. The first kappa shape index (κ1) is 19.1. The molecular weight excluding hydrogens is 372 g/mol. The smallest absolute Gasteiger partial charge is 0.254 e. The van der Waals surface area contributed by atoms with Gasteiger partial charge in [-0.25, -0.2) is 0 Å². The number of fused-ring (bicyclic) bond motifs is 1. The van der Waals surface area contributed by atoms with Gasteiger partial charge in [0.15, 0.2) is 0 Å². The molecule has 0 saturated carbocycles. The molecule has 5 rings (SSSR count). The zero-order valence-corrected chi connectivity index (χ0v) is 17.5. The van der Waals surface area contributed by atoms with Crippen LogP contribution in [0.4, 0.5) is 0 Å². The minimum atomic E-state index is 0.0936. The molecule has 4 heteroatoms.